The fraction of sp³-hybridized carbons (Fsp3) is 0.839. The molecule has 0 aliphatic rings. The molecule has 0 spiro atoms. The normalized spacial score (nSPS) is 11.7. The number of ether oxygens (including phenoxy) is 3. The maximum atomic E-state index is 12.9. The van der Waals surface area contributed by atoms with Crippen molar-refractivity contribution in [1.29, 1.82) is 5.53 Å². The molecule has 0 aliphatic carbocycles. The number of imidazole rings is 1. The van der Waals surface area contributed by atoms with Crippen LogP contribution in [0.4, 0.5) is 0 Å². The van der Waals surface area contributed by atoms with Crippen molar-refractivity contribution in [2.45, 2.75) is 110 Å². The lowest BCUT2D eigenvalue weighted by Gasteiger charge is -2.16. The molecule has 3 N–H and O–H groups in total. The Bertz CT molecular complexity index is 817. The Hall–Kier alpha value is -2.46. The van der Waals surface area contributed by atoms with E-state index in [9.17, 15) is 9.59 Å². The monoisotopic (exact) mass is 593 g/mol. The molecule has 0 bridgehead atoms. The molecule has 1 heterocycles. The van der Waals surface area contributed by atoms with Gasteiger partial charge in [-0.1, -0.05) is 84.0 Å². The van der Waals surface area contributed by atoms with E-state index in [1.54, 1.807) is 12.5 Å². The first-order chi connectivity index (χ1) is 20.7. The highest BCUT2D eigenvalue weighted by molar-refractivity contribution is 5.87. The summed E-state index contributed by atoms with van der Waals surface area (Å²) >= 11 is 0. The lowest BCUT2D eigenvalue weighted by atomic mass is 9.94. The molecule has 42 heavy (non-hydrogen) atoms. The summed E-state index contributed by atoms with van der Waals surface area (Å²) in [6, 6.07) is 0. The first kappa shape index (κ1) is 37.6. The van der Waals surface area contributed by atoms with E-state index < -0.39 is 5.92 Å². The lowest BCUT2D eigenvalue weighted by molar-refractivity contribution is -0.129. The fourth-order valence-electron chi connectivity index (χ4n) is 4.72. The summed E-state index contributed by atoms with van der Waals surface area (Å²) in [4.78, 5) is 35.6. The fourth-order valence-corrected chi connectivity index (χ4v) is 4.72. The van der Waals surface area contributed by atoms with E-state index in [1.807, 2.05) is 0 Å². The van der Waals surface area contributed by atoms with Crippen LogP contribution >= 0.6 is 0 Å². The third-order valence-corrected chi connectivity index (χ3v) is 7.12. The van der Waals surface area contributed by atoms with E-state index in [1.165, 1.54) is 70.6 Å². The third-order valence-electron chi connectivity index (χ3n) is 7.12. The quantitative estimate of drug-likeness (QED) is 0.0568. The number of H-pyrrole nitrogens is 1. The Labute approximate surface area is 252 Å². The molecule has 1 rings (SSSR count). The maximum absolute atomic E-state index is 12.9. The van der Waals surface area contributed by atoms with Crippen LogP contribution in [-0.4, -0.2) is 74.4 Å². The second-order valence-corrected chi connectivity index (χ2v) is 10.8. The molecular weight excluding hydrogens is 536 g/mol. The van der Waals surface area contributed by atoms with Gasteiger partial charge in [0, 0.05) is 37.7 Å². The van der Waals surface area contributed by atoms with Crippen LogP contribution < -0.4 is 10.2 Å². The number of aromatic amines is 1. The van der Waals surface area contributed by atoms with Gasteiger partial charge in [-0.3, -0.25) is 9.59 Å². The van der Waals surface area contributed by atoms with E-state index in [2.05, 4.69) is 32.2 Å². The van der Waals surface area contributed by atoms with Gasteiger partial charge < -0.3 is 24.5 Å². The van der Waals surface area contributed by atoms with E-state index in [0.717, 1.165) is 18.5 Å². The number of hydrogen-bond donors (Lipinski definition) is 3. The summed E-state index contributed by atoms with van der Waals surface area (Å²) in [5, 5.41) is 6.41. The molecule has 1 atom stereocenters. The summed E-state index contributed by atoms with van der Waals surface area (Å²) in [7, 11) is 0. The molecule has 240 valence electrons. The Kier molecular flexibility index (Phi) is 25.6. The van der Waals surface area contributed by atoms with Crippen LogP contribution in [0.1, 0.15) is 109 Å². The molecule has 0 radical (unpaired) electrons. The van der Waals surface area contributed by atoms with Crippen LogP contribution in [0, 0.1) is 11.4 Å². The number of rotatable bonds is 31. The molecule has 1 aromatic rings. The average Bonchev–Trinajstić information content (AvgIpc) is 3.50. The summed E-state index contributed by atoms with van der Waals surface area (Å²) < 4.78 is 16.2. The molecule has 0 aliphatic heterocycles. The topological polar surface area (TPSA) is 153 Å². The smallest absolute Gasteiger partial charge is 0.224 e. The van der Waals surface area contributed by atoms with Crippen LogP contribution in [0.5, 0.6) is 0 Å². The molecule has 1 amide bonds. The van der Waals surface area contributed by atoms with Crippen molar-refractivity contribution >= 4 is 11.7 Å². The number of carbonyl (C=O) groups excluding carboxylic acids is 2. The molecule has 0 aromatic carbocycles. The molecule has 0 unspecified atom stereocenters. The SMILES string of the molecule is CCCCCCCCCCCCCCCC(=O)C[C@@H](Cc1cnc[nH]1)C(=O)NCCOCCOCCOCCN=[N+]=N. The number of amides is 1. The zero-order valence-electron chi connectivity index (χ0n) is 26.1. The van der Waals surface area contributed by atoms with E-state index in [-0.39, 0.29) is 18.1 Å². The Morgan fingerprint density at radius 3 is 2.02 bits per heavy atom. The lowest BCUT2D eigenvalue weighted by Crippen LogP contribution is -2.35. The molecule has 11 nitrogen and oxygen atoms in total. The van der Waals surface area contributed by atoms with Gasteiger partial charge in [0.1, 0.15) is 23.0 Å². The predicted molar refractivity (Wildman–Crippen MR) is 163 cm³/mol. The van der Waals surface area contributed by atoms with Crippen LogP contribution in [0.3, 0.4) is 0 Å². The maximum Gasteiger partial charge on any atom is 0.224 e. The van der Waals surface area contributed by atoms with Crippen molar-refractivity contribution in [2.75, 3.05) is 52.7 Å². The van der Waals surface area contributed by atoms with E-state index in [0.29, 0.717) is 65.6 Å². The minimum absolute atomic E-state index is 0.134. The summed E-state index contributed by atoms with van der Waals surface area (Å²) in [6.45, 7) is 5.52. The number of Topliss-reactive ketones (excluding diaryl/α,β-unsaturated/α-hetero) is 1. The third kappa shape index (κ3) is 23.1. The van der Waals surface area contributed by atoms with Gasteiger partial charge in [0.05, 0.1) is 51.9 Å². The first-order valence-electron chi connectivity index (χ1n) is 16.2. The van der Waals surface area contributed by atoms with Gasteiger partial charge in [0.2, 0.25) is 10.8 Å². The molecule has 0 saturated heterocycles. The molecule has 0 fully saturated rings. The Balaban J connectivity index is 2.12. The van der Waals surface area contributed by atoms with Crippen LogP contribution in [0.2, 0.25) is 0 Å². The molecule has 11 heteroatoms. The number of nitrogens with one attached hydrogen (secondary N) is 3. The van der Waals surface area contributed by atoms with Crippen LogP contribution in [-0.2, 0) is 30.2 Å². The second-order valence-electron chi connectivity index (χ2n) is 10.8. The number of nitrogens with zero attached hydrogens (tertiary/aromatic N) is 3. The zero-order valence-corrected chi connectivity index (χ0v) is 26.1. The van der Waals surface area contributed by atoms with Gasteiger partial charge in [-0.2, -0.15) is 0 Å². The largest absolute Gasteiger partial charge is 0.377 e. The van der Waals surface area contributed by atoms with Gasteiger partial charge in [0.15, 0.2) is 0 Å². The van der Waals surface area contributed by atoms with Gasteiger partial charge in [-0.25, -0.2) is 4.98 Å². The highest BCUT2D eigenvalue weighted by atomic mass is 16.5. The Morgan fingerprint density at radius 2 is 1.45 bits per heavy atom. The predicted octanol–water partition coefficient (Wildman–Crippen LogP) is 5.73. The van der Waals surface area contributed by atoms with Crippen molar-refractivity contribution in [3.63, 3.8) is 0 Å². The van der Waals surface area contributed by atoms with Crippen molar-refractivity contribution < 1.29 is 23.8 Å². The highest BCUT2D eigenvalue weighted by Gasteiger charge is 2.22. The number of ketones is 1. The van der Waals surface area contributed by atoms with Gasteiger partial charge >= 0.3 is 0 Å². The average molecular weight is 594 g/mol. The molecule has 1 aromatic heterocycles. The van der Waals surface area contributed by atoms with Gasteiger partial charge in [-0.15, -0.1) is 0 Å². The number of hydrogen-bond acceptors (Lipinski definition) is 8. The number of carbonyl (C=O) groups is 2. The summed E-state index contributed by atoms with van der Waals surface area (Å²) in [6.07, 6.45) is 21.1. The highest BCUT2D eigenvalue weighted by Crippen LogP contribution is 2.16. The van der Waals surface area contributed by atoms with Crippen LogP contribution in [0.25, 0.3) is 0 Å². The van der Waals surface area contributed by atoms with E-state index in [4.69, 9.17) is 19.7 Å². The Morgan fingerprint density at radius 1 is 0.881 bits per heavy atom. The molecule has 0 saturated carbocycles. The number of aromatic nitrogens is 2. The summed E-state index contributed by atoms with van der Waals surface area (Å²) in [5.74, 6) is -0.410. The minimum atomic E-state index is -0.425. The number of unbranched alkanes of at least 4 members (excludes halogenated alkanes) is 12. The van der Waals surface area contributed by atoms with Crippen molar-refractivity contribution in [3.8, 4) is 0 Å². The van der Waals surface area contributed by atoms with E-state index >= 15 is 0 Å². The standard InChI is InChI=1S/C31H56N6O5/c1-2-3-4-5-6-7-8-9-10-11-12-13-14-15-30(38)25-28(24-29-26-33-27-35-29)31(39)34-16-18-40-20-22-42-23-21-41-19-17-36-37-32/h26-28,32H,2-25H2,1H3,(H-,33,34,35,39)/p+1/t28-/m1/s1. The van der Waals surface area contributed by atoms with Crippen molar-refractivity contribution in [2.24, 2.45) is 11.0 Å². The summed E-state index contributed by atoms with van der Waals surface area (Å²) in [5.41, 5.74) is 7.40. The van der Waals surface area contributed by atoms with Gasteiger partial charge in [-0.05, 0) is 6.42 Å². The first-order valence-corrected chi connectivity index (χ1v) is 16.2. The zero-order chi connectivity index (χ0) is 30.4. The van der Waals surface area contributed by atoms with Crippen molar-refractivity contribution in [1.82, 2.24) is 20.2 Å². The molecular formula is C31H57N6O5+. The van der Waals surface area contributed by atoms with Gasteiger partial charge in [0.25, 0.3) is 0 Å². The second kappa shape index (κ2) is 28.6. The van der Waals surface area contributed by atoms with Crippen molar-refractivity contribution in [3.05, 3.63) is 18.2 Å². The van der Waals surface area contributed by atoms with Crippen LogP contribution in [0.15, 0.2) is 17.6 Å². The minimum Gasteiger partial charge on any atom is -0.377 e.